The maximum absolute atomic E-state index is 13.2. The Bertz CT molecular complexity index is 919. The quantitative estimate of drug-likeness (QED) is 0.745. The summed E-state index contributed by atoms with van der Waals surface area (Å²) in [5.41, 5.74) is 0.386. The van der Waals surface area contributed by atoms with Gasteiger partial charge < -0.3 is 10.1 Å². The average molecular weight is 401 g/mol. The molecule has 0 aliphatic rings. The van der Waals surface area contributed by atoms with Crippen LogP contribution in [0.25, 0.3) is 0 Å². The molecule has 0 aromatic heterocycles. The molecule has 6 nitrogen and oxygen atoms in total. The van der Waals surface area contributed by atoms with E-state index in [9.17, 15) is 17.6 Å². The first-order valence-corrected chi connectivity index (χ1v) is 9.67. The van der Waals surface area contributed by atoms with Gasteiger partial charge in [0.05, 0.1) is 11.6 Å². The van der Waals surface area contributed by atoms with Crippen molar-refractivity contribution in [3.8, 4) is 5.75 Å². The summed E-state index contributed by atoms with van der Waals surface area (Å²) in [5, 5.41) is 2.41. The lowest BCUT2D eigenvalue weighted by molar-refractivity contribution is 0.102. The maximum atomic E-state index is 13.2. The second-order valence-corrected chi connectivity index (χ2v) is 7.32. The highest BCUT2D eigenvalue weighted by Crippen LogP contribution is 2.26. The minimum Gasteiger partial charge on any atom is -0.492 e. The number of ether oxygens (including phenoxy) is 1. The average Bonchev–Trinajstić information content (AvgIpc) is 2.58. The molecular weight excluding hydrogens is 383 g/mol. The zero-order valence-electron chi connectivity index (χ0n) is 14.2. The molecule has 0 bridgehead atoms. The van der Waals surface area contributed by atoms with Crippen molar-refractivity contribution in [2.45, 2.75) is 18.7 Å². The van der Waals surface area contributed by atoms with Crippen molar-refractivity contribution in [2.24, 2.45) is 0 Å². The molecule has 0 radical (unpaired) electrons. The molecule has 2 rings (SSSR count). The molecule has 0 unspecified atom stereocenters. The topological polar surface area (TPSA) is 84.5 Å². The Balaban J connectivity index is 2.36. The molecule has 26 heavy (non-hydrogen) atoms. The molecule has 0 aliphatic heterocycles. The molecule has 2 aromatic rings. The van der Waals surface area contributed by atoms with E-state index in [2.05, 4.69) is 10.0 Å². The van der Waals surface area contributed by atoms with Gasteiger partial charge in [-0.3, -0.25) is 4.79 Å². The monoisotopic (exact) mass is 400 g/mol. The Kier molecular flexibility index (Phi) is 6.57. The number of sulfonamides is 1. The van der Waals surface area contributed by atoms with Crippen LogP contribution in [0.3, 0.4) is 0 Å². The number of anilines is 1. The van der Waals surface area contributed by atoms with Gasteiger partial charge in [0, 0.05) is 17.8 Å². The first-order chi connectivity index (χ1) is 12.3. The Morgan fingerprint density at radius 2 is 1.92 bits per heavy atom. The van der Waals surface area contributed by atoms with E-state index in [1.54, 1.807) is 13.8 Å². The molecule has 0 aliphatic carbocycles. The van der Waals surface area contributed by atoms with Crippen LogP contribution in [0.4, 0.5) is 10.1 Å². The van der Waals surface area contributed by atoms with Gasteiger partial charge in [0.1, 0.15) is 16.5 Å². The van der Waals surface area contributed by atoms with Gasteiger partial charge >= 0.3 is 0 Å². The Labute approximate surface area is 156 Å². The number of carbonyl (C=O) groups is 1. The van der Waals surface area contributed by atoms with Crippen LogP contribution in [0, 0.1) is 5.82 Å². The van der Waals surface area contributed by atoms with Crippen LogP contribution < -0.4 is 14.8 Å². The molecule has 0 fully saturated rings. The Morgan fingerprint density at radius 3 is 2.54 bits per heavy atom. The largest absolute Gasteiger partial charge is 0.492 e. The van der Waals surface area contributed by atoms with E-state index in [1.807, 2.05) is 0 Å². The summed E-state index contributed by atoms with van der Waals surface area (Å²) in [7, 11) is -3.83. The number of hydrogen-bond donors (Lipinski definition) is 2. The first kappa shape index (κ1) is 20.2. The highest BCUT2D eigenvalue weighted by molar-refractivity contribution is 7.89. The molecule has 0 spiro atoms. The van der Waals surface area contributed by atoms with Crippen LogP contribution in [0.15, 0.2) is 41.3 Å². The molecule has 1 amide bonds. The summed E-state index contributed by atoms with van der Waals surface area (Å²) in [6.45, 7) is 3.84. The highest BCUT2D eigenvalue weighted by atomic mass is 35.5. The molecule has 0 saturated carbocycles. The molecule has 0 heterocycles. The fourth-order valence-electron chi connectivity index (χ4n) is 2.18. The van der Waals surface area contributed by atoms with Crippen molar-refractivity contribution in [1.82, 2.24) is 4.72 Å². The smallest absolute Gasteiger partial charge is 0.255 e. The zero-order valence-corrected chi connectivity index (χ0v) is 15.7. The second-order valence-electron chi connectivity index (χ2n) is 5.18. The van der Waals surface area contributed by atoms with Crippen LogP contribution in [0.1, 0.15) is 24.2 Å². The highest BCUT2D eigenvalue weighted by Gasteiger charge is 2.21. The summed E-state index contributed by atoms with van der Waals surface area (Å²) < 4.78 is 45.6. The fraction of sp³-hybridized carbons (Fsp3) is 0.235. The number of rotatable bonds is 7. The predicted molar refractivity (Wildman–Crippen MR) is 97.8 cm³/mol. The summed E-state index contributed by atoms with van der Waals surface area (Å²) in [6, 6.07) is 7.82. The van der Waals surface area contributed by atoms with Gasteiger partial charge in [-0.1, -0.05) is 18.5 Å². The van der Waals surface area contributed by atoms with E-state index >= 15 is 0 Å². The fourth-order valence-corrected chi connectivity index (χ4v) is 3.57. The van der Waals surface area contributed by atoms with Gasteiger partial charge in [-0.05, 0) is 43.3 Å². The Hall–Kier alpha value is -2.16. The minimum atomic E-state index is -3.83. The number of carbonyl (C=O) groups excluding carboxylic acids is 1. The molecular formula is C17H18ClFN2O4S. The molecule has 0 saturated heterocycles. The van der Waals surface area contributed by atoms with Crippen molar-refractivity contribution in [2.75, 3.05) is 18.5 Å². The van der Waals surface area contributed by atoms with Gasteiger partial charge in [0.15, 0.2) is 0 Å². The number of hydrogen-bond acceptors (Lipinski definition) is 4. The predicted octanol–water partition coefficient (Wildman–Crippen LogP) is 3.43. The Morgan fingerprint density at radius 1 is 1.19 bits per heavy atom. The van der Waals surface area contributed by atoms with Crippen LogP contribution in [0.5, 0.6) is 5.75 Å². The molecule has 2 aromatic carbocycles. The number of benzene rings is 2. The third-order valence-electron chi connectivity index (χ3n) is 3.31. The molecule has 140 valence electrons. The van der Waals surface area contributed by atoms with Crippen molar-refractivity contribution in [3.63, 3.8) is 0 Å². The van der Waals surface area contributed by atoms with Crippen molar-refractivity contribution < 1.29 is 22.3 Å². The summed E-state index contributed by atoms with van der Waals surface area (Å²) in [6.07, 6.45) is 0. The van der Waals surface area contributed by atoms with Crippen LogP contribution in [0.2, 0.25) is 5.02 Å². The lowest BCUT2D eigenvalue weighted by atomic mass is 10.2. The van der Waals surface area contributed by atoms with Gasteiger partial charge in [-0.15, -0.1) is 0 Å². The van der Waals surface area contributed by atoms with Crippen molar-refractivity contribution in [1.29, 1.82) is 0 Å². The van der Waals surface area contributed by atoms with Crippen LogP contribution in [-0.2, 0) is 10.0 Å². The van der Waals surface area contributed by atoms with Gasteiger partial charge in [0.2, 0.25) is 10.0 Å². The van der Waals surface area contributed by atoms with E-state index in [-0.39, 0.29) is 40.1 Å². The lowest BCUT2D eigenvalue weighted by Crippen LogP contribution is -2.24. The van der Waals surface area contributed by atoms with E-state index in [4.69, 9.17) is 16.3 Å². The van der Waals surface area contributed by atoms with Gasteiger partial charge in [-0.25, -0.2) is 17.5 Å². The van der Waals surface area contributed by atoms with E-state index in [0.29, 0.717) is 0 Å². The number of halogens is 2. The SMILES string of the molecule is CCNS(=O)(=O)c1cc(C(=O)Nc2ccc(F)c(Cl)c2)ccc1OCC. The third kappa shape index (κ3) is 4.72. The van der Waals surface area contributed by atoms with E-state index < -0.39 is 21.7 Å². The van der Waals surface area contributed by atoms with Gasteiger partial charge in [-0.2, -0.15) is 0 Å². The van der Waals surface area contributed by atoms with Crippen LogP contribution >= 0.6 is 11.6 Å². The molecule has 2 N–H and O–H groups in total. The number of nitrogens with one attached hydrogen (secondary N) is 2. The summed E-state index contributed by atoms with van der Waals surface area (Å²) >= 11 is 5.69. The minimum absolute atomic E-state index is 0.102. The summed E-state index contributed by atoms with van der Waals surface area (Å²) in [4.78, 5) is 12.3. The molecule has 0 atom stereocenters. The van der Waals surface area contributed by atoms with Crippen molar-refractivity contribution in [3.05, 3.63) is 52.8 Å². The zero-order chi connectivity index (χ0) is 19.3. The maximum Gasteiger partial charge on any atom is 0.255 e. The van der Waals surface area contributed by atoms with Gasteiger partial charge in [0.25, 0.3) is 5.91 Å². The van der Waals surface area contributed by atoms with E-state index in [1.165, 1.54) is 30.3 Å². The third-order valence-corrected chi connectivity index (χ3v) is 5.16. The summed E-state index contributed by atoms with van der Waals surface area (Å²) in [5.74, 6) is -1.02. The molecule has 9 heteroatoms. The van der Waals surface area contributed by atoms with E-state index in [0.717, 1.165) is 6.07 Å². The lowest BCUT2D eigenvalue weighted by Gasteiger charge is -2.13. The first-order valence-electron chi connectivity index (χ1n) is 7.81. The standard InChI is InChI=1S/C17H18ClFN2O4S/c1-3-20-26(23,24)16-9-11(5-8-15(16)25-4-2)17(22)21-12-6-7-14(19)13(18)10-12/h5-10,20H,3-4H2,1-2H3,(H,21,22). The number of amides is 1. The van der Waals surface area contributed by atoms with Crippen molar-refractivity contribution >= 4 is 33.2 Å². The normalized spacial score (nSPS) is 11.2. The van der Waals surface area contributed by atoms with Crippen LogP contribution in [-0.4, -0.2) is 27.5 Å². The second kappa shape index (κ2) is 8.48.